The molecule has 0 radical (unpaired) electrons. The Morgan fingerprint density at radius 1 is 1.50 bits per heavy atom. The number of oxime groups is 1. The molecule has 3 rings (SSSR count). The van der Waals surface area contributed by atoms with Gasteiger partial charge in [0.1, 0.15) is 30.0 Å². The van der Waals surface area contributed by atoms with E-state index in [1.165, 1.54) is 24.1 Å². The van der Waals surface area contributed by atoms with Crippen LogP contribution in [0.5, 0.6) is 0 Å². The van der Waals surface area contributed by atoms with Crippen LogP contribution >= 0.6 is 23.1 Å². The van der Waals surface area contributed by atoms with Gasteiger partial charge in [0.15, 0.2) is 10.8 Å². The van der Waals surface area contributed by atoms with E-state index in [1.54, 1.807) is 0 Å². The van der Waals surface area contributed by atoms with Crippen LogP contribution in [0.15, 0.2) is 34.6 Å². The van der Waals surface area contributed by atoms with Crippen molar-refractivity contribution in [1.29, 1.82) is 0 Å². The van der Waals surface area contributed by atoms with Crippen LogP contribution in [0.4, 0.5) is 5.13 Å². The Hall–Kier alpha value is -2.39. The number of nitrogens with two attached hydrogens (primary N) is 1. The number of hydrogen-bond donors (Lipinski definition) is 2. The zero-order chi connectivity index (χ0) is 22.7. The van der Waals surface area contributed by atoms with Crippen LogP contribution in [-0.2, 0) is 28.8 Å². The minimum atomic E-state index is -1.58. The number of β-lactam (4-membered cyclic amide) rings is 1. The van der Waals surface area contributed by atoms with Crippen LogP contribution in [0.25, 0.3) is 0 Å². The van der Waals surface area contributed by atoms with Crippen molar-refractivity contribution in [3.8, 4) is 0 Å². The number of rotatable bonds is 8. The summed E-state index contributed by atoms with van der Waals surface area (Å²) in [5.41, 5.74) is 5.37. The molecular weight excluding hydrogens is 473 g/mol. The van der Waals surface area contributed by atoms with E-state index in [4.69, 9.17) is 15.3 Å². The van der Waals surface area contributed by atoms with Crippen LogP contribution in [0, 0.1) is 0 Å². The quantitative estimate of drug-likeness (QED) is 0.0905. The Kier molecular flexibility index (Phi) is 8.86. The SMILES string of the molecule is C=CON=C(C(=O)NC1C(=O)N2C(C(=O)[O-])=C(COC(C)=O)CS[C@H]12)c1csc(N)n1.[Na+]. The smallest absolute Gasteiger partial charge is 0.543 e. The molecule has 0 spiro atoms. The first-order valence-electron chi connectivity index (χ1n) is 8.63. The van der Waals surface area contributed by atoms with Crippen molar-refractivity contribution in [2.45, 2.75) is 18.3 Å². The Labute approximate surface area is 212 Å². The predicted octanol–water partition coefficient (Wildman–Crippen LogP) is -4.44. The van der Waals surface area contributed by atoms with Crippen molar-refractivity contribution in [3.63, 3.8) is 0 Å². The van der Waals surface area contributed by atoms with E-state index in [0.717, 1.165) is 22.5 Å². The van der Waals surface area contributed by atoms with Crippen LogP contribution < -0.4 is 45.7 Å². The van der Waals surface area contributed by atoms with Gasteiger partial charge in [0.05, 0.1) is 11.7 Å². The minimum Gasteiger partial charge on any atom is -0.543 e. The first kappa shape index (κ1) is 25.9. The summed E-state index contributed by atoms with van der Waals surface area (Å²) in [7, 11) is 0. The van der Waals surface area contributed by atoms with Crippen molar-refractivity contribution in [2.24, 2.45) is 5.16 Å². The third-order valence-corrected chi connectivity index (χ3v) is 6.19. The van der Waals surface area contributed by atoms with Gasteiger partial charge in [0.25, 0.3) is 11.8 Å². The topological polar surface area (TPSA) is 176 Å². The van der Waals surface area contributed by atoms with Gasteiger partial charge < -0.3 is 30.5 Å². The largest absolute Gasteiger partial charge is 1.00 e. The Bertz CT molecular complexity index is 1020. The summed E-state index contributed by atoms with van der Waals surface area (Å²) in [5, 5.41) is 18.8. The number of anilines is 1. The first-order valence-corrected chi connectivity index (χ1v) is 10.6. The molecule has 2 aliphatic rings. The van der Waals surface area contributed by atoms with Crippen LogP contribution in [0.3, 0.4) is 0 Å². The Balaban J connectivity index is 0.00000363. The number of amides is 2. The number of ether oxygens (including phenoxy) is 1. The third-order valence-electron chi connectivity index (χ3n) is 4.18. The summed E-state index contributed by atoms with van der Waals surface area (Å²) < 4.78 is 4.85. The molecule has 3 N–H and O–H groups in total. The molecule has 15 heteroatoms. The standard InChI is InChI=1S/C17H17N5O7S2.Na/c1-3-29-21-10(9-6-31-17(18)19-9)13(24)20-11-14(25)22-12(16(26)27)8(4-28-7(2)23)5-30-15(11)22;/h3,6,11,15H,1,4-5H2,2H3,(H2,18,19)(H,20,24)(H,26,27);/q;+1/p-1/t11?,15-;/m1./s1. The molecule has 32 heavy (non-hydrogen) atoms. The molecule has 12 nitrogen and oxygen atoms in total. The normalized spacial score (nSPS) is 19.8. The van der Waals surface area contributed by atoms with Crippen LogP contribution in [0.1, 0.15) is 12.6 Å². The van der Waals surface area contributed by atoms with E-state index in [1.807, 2.05) is 0 Å². The van der Waals surface area contributed by atoms with Gasteiger partial charge in [0, 0.05) is 23.6 Å². The number of carboxylic acid groups (broad SMARTS) is 1. The van der Waals surface area contributed by atoms with E-state index in [9.17, 15) is 24.3 Å². The Morgan fingerprint density at radius 2 is 2.22 bits per heavy atom. The third kappa shape index (κ3) is 5.32. The molecule has 164 valence electrons. The van der Waals surface area contributed by atoms with Gasteiger partial charge in [-0.1, -0.05) is 11.7 Å². The van der Waals surface area contributed by atoms with Gasteiger partial charge >= 0.3 is 35.5 Å². The van der Waals surface area contributed by atoms with Gasteiger partial charge in [0.2, 0.25) is 0 Å². The number of thiazole rings is 1. The number of carbonyl (C=O) groups is 4. The summed E-state index contributed by atoms with van der Waals surface area (Å²) in [5.74, 6) is -3.43. The fourth-order valence-corrected chi connectivity index (χ4v) is 4.75. The number of nitrogens with zero attached hydrogens (tertiary/aromatic N) is 3. The molecule has 2 aliphatic heterocycles. The second-order valence-corrected chi connectivity index (χ2v) is 8.16. The fraction of sp³-hybridized carbons (Fsp3) is 0.294. The van der Waals surface area contributed by atoms with Crippen LogP contribution in [0.2, 0.25) is 0 Å². The average molecular weight is 489 g/mol. The van der Waals surface area contributed by atoms with Crippen molar-refractivity contribution in [3.05, 3.63) is 35.2 Å². The fourth-order valence-electron chi connectivity index (χ4n) is 2.87. The van der Waals surface area contributed by atoms with E-state index in [0.29, 0.717) is 0 Å². The maximum atomic E-state index is 12.7. The number of carboxylic acids is 1. The van der Waals surface area contributed by atoms with Crippen molar-refractivity contribution < 1.29 is 63.4 Å². The number of nitrogens with one attached hydrogen (secondary N) is 1. The van der Waals surface area contributed by atoms with Gasteiger partial charge in [-0.05, 0) is 0 Å². The summed E-state index contributed by atoms with van der Waals surface area (Å²) >= 11 is 2.29. The van der Waals surface area contributed by atoms with E-state index < -0.39 is 35.2 Å². The average Bonchev–Trinajstić information content (AvgIpc) is 3.15. The molecule has 1 unspecified atom stereocenters. The van der Waals surface area contributed by atoms with E-state index in [2.05, 4.69) is 22.0 Å². The molecular formula is C17H16N5NaO7S2. The van der Waals surface area contributed by atoms with E-state index >= 15 is 0 Å². The molecule has 1 aromatic heterocycles. The molecule has 0 aliphatic carbocycles. The summed E-state index contributed by atoms with van der Waals surface area (Å²) in [4.78, 5) is 57.8. The number of nitrogen functional groups attached to an aromatic ring is 1. The van der Waals surface area contributed by atoms with Crippen molar-refractivity contribution >= 4 is 57.7 Å². The molecule has 1 saturated heterocycles. The zero-order valence-electron chi connectivity index (χ0n) is 17.0. The van der Waals surface area contributed by atoms with E-state index in [-0.39, 0.29) is 69.7 Å². The molecule has 3 heterocycles. The zero-order valence-corrected chi connectivity index (χ0v) is 20.7. The maximum absolute atomic E-state index is 12.7. The van der Waals surface area contributed by atoms with Crippen molar-refractivity contribution in [2.75, 3.05) is 18.1 Å². The van der Waals surface area contributed by atoms with Crippen LogP contribution in [-0.4, -0.2) is 63.1 Å². The second-order valence-electron chi connectivity index (χ2n) is 6.16. The molecule has 0 aromatic carbocycles. The predicted molar refractivity (Wildman–Crippen MR) is 108 cm³/mol. The first-order chi connectivity index (χ1) is 14.7. The van der Waals surface area contributed by atoms with Gasteiger partial charge in [-0.25, -0.2) is 4.98 Å². The molecule has 0 saturated carbocycles. The monoisotopic (exact) mass is 489 g/mol. The summed E-state index contributed by atoms with van der Waals surface area (Å²) in [6.45, 7) is 4.24. The molecule has 0 bridgehead atoms. The second kappa shape index (κ2) is 11.0. The molecule has 2 atom stereocenters. The van der Waals surface area contributed by atoms with Crippen molar-refractivity contribution in [1.82, 2.24) is 15.2 Å². The van der Waals surface area contributed by atoms with Gasteiger partial charge in [-0.3, -0.25) is 19.3 Å². The number of thioether (sulfide) groups is 1. The number of aliphatic carboxylic acids is 1. The maximum Gasteiger partial charge on any atom is 1.00 e. The minimum absolute atomic E-state index is 0. The number of aromatic nitrogens is 1. The summed E-state index contributed by atoms with van der Waals surface area (Å²) in [6.07, 6.45) is 0.998. The number of hydrogen-bond acceptors (Lipinski definition) is 12. The molecule has 1 fully saturated rings. The van der Waals surface area contributed by atoms with Gasteiger partial charge in [-0.15, -0.1) is 23.1 Å². The number of carbonyl (C=O) groups excluding carboxylic acids is 4. The molecule has 1 aromatic rings. The number of fused-ring (bicyclic) bond motifs is 1. The summed E-state index contributed by atoms with van der Waals surface area (Å²) in [6, 6.07) is -1.02. The van der Waals surface area contributed by atoms with Gasteiger partial charge in [-0.2, -0.15) is 0 Å². The Morgan fingerprint density at radius 3 is 2.78 bits per heavy atom. The molecule has 2 amide bonds. The number of esters is 1.